The van der Waals surface area contributed by atoms with E-state index in [2.05, 4.69) is 39.4 Å². The number of thiophene rings is 1. The van der Waals surface area contributed by atoms with Crippen molar-refractivity contribution in [3.05, 3.63) is 35.2 Å². The topological polar surface area (TPSA) is 90.6 Å². The zero-order valence-electron chi connectivity index (χ0n) is 19.1. The predicted octanol–water partition coefficient (Wildman–Crippen LogP) is 3.89. The number of anilines is 4. The number of aromatic nitrogens is 2. The molecule has 2 aromatic heterocycles. The van der Waals surface area contributed by atoms with Crippen LogP contribution in [-0.4, -0.2) is 61.2 Å². The van der Waals surface area contributed by atoms with Gasteiger partial charge in [-0.3, -0.25) is 0 Å². The molecule has 9 heteroatoms. The van der Waals surface area contributed by atoms with Crippen molar-refractivity contribution >= 4 is 50.7 Å². The maximum absolute atomic E-state index is 12.8. The predicted molar refractivity (Wildman–Crippen MR) is 134 cm³/mol. The molecule has 1 aromatic carbocycles. The van der Waals surface area contributed by atoms with Gasteiger partial charge in [0.05, 0.1) is 5.39 Å². The third-order valence-corrected chi connectivity index (χ3v) is 6.56. The number of carbonyl (C=O) groups is 1. The number of nitrogens with one attached hydrogen (secondary N) is 1. The molecule has 0 unspecified atom stereocenters. The molecule has 4 rings (SSSR count). The van der Waals surface area contributed by atoms with Crippen LogP contribution in [-0.2, 0) is 6.42 Å². The fourth-order valence-electron chi connectivity index (χ4n) is 3.98. The van der Waals surface area contributed by atoms with Gasteiger partial charge in [0.1, 0.15) is 10.6 Å². The first-order valence-corrected chi connectivity index (χ1v) is 11.8. The summed E-state index contributed by atoms with van der Waals surface area (Å²) in [6.45, 7) is 7.08. The van der Waals surface area contributed by atoms with Gasteiger partial charge in [-0.25, -0.2) is 9.78 Å². The number of piperazine rings is 1. The van der Waals surface area contributed by atoms with Crippen molar-refractivity contribution in [1.29, 1.82) is 0 Å². The van der Waals surface area contributed by atoms with E-state index in [1.54, 1.807) is 11.3 Å². The number of nitrogens with zero attached hydrogens (tertiary/aromatic N) is 5. The molecule has 3 N–H and O–H groups in total. The van der Waals surface area contributed by atoms with Crippen LogP contribution in [0.25, 0.3) is 10.2 Å². The number of amides is 2. The minimum Gasteiger partial charge on any atom is -0.378 e. The number of carbonyl (C=O) groups excluding carboxylic acids is 1. The van der Waals surface area contributed by atoms with Crippen LogP contribution in [0, 0.1) is 5.92 Å². The molecule has 1 saturated heterocycles. The molecule has 8 nitrogen and oxygen atoms in total. The molecule has 3 aromatic rings. The van der Waals surface area contributed by atoms with Gasteiger partial charge in [0.25, 0.3) is 0 Å². The maximum atomic E-state index is 12.8. The normalized spacial score (nSPS) is 14.3. The van der Waals surface area contributed by atoms with Crippen LogP contribution in [0.1, 0.15) is 19.4 Å². The minimum absolute atomic E-state index is 0.0781. The highest BCUT2D eigenvalue weighted by molar-refractivity contribution is 7.17. The first kappa shape index (κ1) is 22.1. The SMILES string of the molecule is CC(C)Cc1csc2nc(N)nc(N3CCN(C(=O)Nc4ccc(N(C)C)cc4)CC3)c12. The molecule has 1 fully saturated rings. The Hall–Kier alpha value is -3.07. The summed E-state index contributed by atoms with van der Waals surface area (Å²) in [5, 5.41) is 6.29. The van der Waals surface area contributed by atoms with Crippen LogP contribution in [0.15, 0.2) is 29.6 Å². The smallest absolute Gasteiger partial charge is 0.321 e. The number of hydrogen-bond acceptors (Lipinski definition) is 7. The standard InChI is InChI=1S/C23H31N7OS/c1-15(2)13-16-14-32-21-19(16)20(26-22(24)27-21)29-9-11-30(12-10-29)23(31)25-17-5-7-18(8-6-17)28(3)4/h5-8,14-15H,9-13H2,1-4H3,(H,25,31)(H2,24,26,27). The average Bonchev–Trinajstić information content (AvgIpc) is 3.15. The lowest BCUT2D eigenvalue weighted by molar-refractivity contribution is 0.208. The second-order valence-corrected chi connectivity index (χ2v) is 9.65. The van der Waals surface area contributed by atoms with Crippen molar-refractivity contribution in [3.8, 4) is 0 Å². The number of nitrogen functional groups attached to an aromatic ring is 1. The molecule has 0 aliphatic carbocycles. The first-order chi connectivity index (χ1) is 15.3. The van der Waals surface area contributed by atoms with E-state index in [-0.39, 0.29) is 6.03 Å². The Morgan fingerprint density at radius 3 is 2.47 bits per heavy atom. The molecule has 0 radical (unpaired) electrons. The second kappa shape index (κ2) is 9.20. The lowest BCUT2D eigenvalue weighted by Gasteiger charge is -2.35. The van der Waals surface area contributed by atoms with Crippen molar-refractivity contribution in [2.45, 2.75) is 20.3 Å². The van der Waals surface area contributed by atoms with Crippen LogP contribution in [0.4, 0.5) is 27.9 Å². The molecule has 1 aliphatic rings. The number of rotatable bonds is 5. The quantitative estimate of drug-likeness (QED) is 0.609. The number of nitrogens with two attached hydrogens (primary N) is 1. The fourth-order valence-corrected chi connectivity index (χ4v) is 4.94. The van der Waals surface area contributed by atoms with E-state index in [4.69, 9.17) is 5.73 Å². The minimum atomic E-state index is -0.0781. The summed E-state index contributed by atoms with van der Waals surface area (Å²) in [5.41, 5.74) is 9.18. The molecular weight excluding hydrogens is 422 g/mol. The van der Waals surface area contributed by atoms with Gasteiger partial charge in [-0.1, -0.05) is 13.8 Å². The Morgan fingerprint density at radius 1 is 1.16 bits per heavy atom. The van der Waals surface area contributed by atoms with Crippen LogP contribution in [0.3, 0.4) is 0 Å². The Morgan fingerprint density at radius 2 is 1.84 bits per heavy atom. The van der Waals surface area contributed by atoms with Crippen molar-refractivity contribution in [1.82, 2.24) is 14.9 Å². The second-order valence-electron chi connectivity index (χ2n) is 8.79. The van der Waals surface area contributed by atoms with Gasteiger partial charge in [-0.15, -0.1) is 11.3 Å². The summed E-state index contributed by atoms with van der Waals surface area (Å²) in [7, 11) is 3.99. The Labute approximate surface area is 193 Å². The third kappa shape index (κ3) is 4.72. The van der Waals surface area contributed by atoms with Gasteiger partial charge in [-0.2, -0.15) is 4.98 Å². The number of urea groups is 1. The zero-order chi connectivity index (χ0) is 22.8. The monoisotopic (exact) mass is 453 g/mol. The van der Waals surface area contributed by atoms with Crippen LogP contribution in [0.5, 0.6) is 0 Å². The molecule has 0 atom stereocenters. The summed E-state index contributed by atoms with van der Waals surface area (Å²) in [4.78, 5) is 28.9. The van der Waals surface area contributed by atoms with Crippen molar-refractivity contribution < 1.29 is 4.79 Å². The fraction of sp³-hybridized carbons (Fsp3) is 0.435. The third-order valence-electron chi connectivity index (χ3n) is 5.64. The van der Waals surface area contributed by atoms with E-state index >= 15 is 0 Å². The molecule has 1 aliphatic heterocycles. The van der Waals surface area contributed by atoms with Crippen molar-refractivity contribution in [2.24, 2.45) is 5.92 Å². The molecule has 32 heavy (non-hydrogen) atoms. The molecule has 3 heterocycles. The van der Waals surface area contributed by atoms with Gasteiger partial charge >= 0.3 is 6.03 Å². The maximum Gasteiger partial charge on any atom is 0.321 e. The van der Waals surface area contributed by atoms with Crippen LogP contribution in [0.2, 0.25) is 0 Å². The van der Waals surface area contributed by atoms with E-state index in [1.807, 2.05) is 48.2 Å². The van der Waals surface area contributed by atoms with Crippen LogP contribution < -0.4 is 20.9 Å². The van der Waals surface area contributed by atoms with Gasteiger partial charge in [0.2, 0.25) is 5.95 Å². The average molecular weight is 454 g/mol. The molecule has 0 spiro atoms. The highest BCUT2D eigenvalue weighted by Crippen LogP contribution is 2.34. The summed E-state index contributed by atoms with van der Waals surface area (Å²) in [6.07, 6.45) is 0.981. The summed E-state index contributed by atoms with van der Waals surface area (Å²) < 4.78 is 0. The number of fused-ring (bicyclic) bond motifs is 1. The Bertz CT molecular complexity index is 1090. The molecule has 0 saturated carbocycles. The van der Waals surface area contributed by atoms with Crippen LogP contribution >= 0.6 is 11.3 Å². The van der Waals surface area contributed by atoms with Gasteiger partial charge in [-0.05, 0) is 47.5 Å². The molecule has 2 amide bonds. The van der Waals surface area contributed by atoms with E-state index in [1.165, 1.54) is 5.56 Å². The lowest BCUT2D eigenvalue weighted by atomic mass is 10.0. The van der Waals surface area contributed by atoms with Crippen molar-refractivity contribution in [3.63, 3.8) is 0 Å². The largest absolute Gasteiger partial charge is 0.378 e. The van der Waals surface area contributed by atoms with E-state index < -0.39 is 0 Å². The van der Waals surface area contributed by atoms with E-state index in [9.17, 15) is 4.79 Å². The Balaban J connectivity index is 1.45. The number of benzene rings is 1. The first-order valence-electron chi connectivity index (χ1n) is 10.9. The highest BCUT2D eigenvalue weighted by atomic mass is 32.1. The molecular formula is C23H31N7OS. The van der Waals surface area contributed by atoms with Gasteiger partial charge in [0.15, 0.2) is 0 Å². The molecule has 170 valence electrons. The zero-order valence-corrected chi connectivity index (χ0v) is 19.9. The lowest BCUT2D eigenvalue weighted by Crippen LogP contribution is -2.50. The highest BCUT2D eigenvalue weighted by Gasteiger charge is 2.25. The molecule has 0 bridgehead atoms. The van der Waals surface area contributed by atoms with E-state index in [0.29, 0.717) is 38.0 Å². The Kier molecular flexibility index (Phi) is 6.36. The summed E-state index contributed by atoms with van der Waals surface area (Å²) >= 11 is 1.62. The summed E-state index contributed by atoms with van der Waals surface area (Å²) in [6, 6.07) is 7.76. The van der Waals surface area contributed by atoms with Gasteiger partial charge < -0.3 is 25.8 Å². The summed E-state index contributed by atoms with van der Waals surface area (Å²) in [5.74, 6) is 1.74. The van der Waals surface area contributed by atoms with Gasteiger partial charge in [0, 0.05) is 51.6 Å². The van der Waals surface area contributed by atoms with Crippen molar-refractivity contribution in [2.75, 3.05) is 61.1 Å². The van der Waals surface area contributed by atoms with E-state index in [0.717, 1.165) is 33.8 Å². The number of hydrogen-bond donors (Lipinski definition) is 2.